The van der Waals surface area contributed by atoms with Crippen LogP contribution >= 0.6 is 11.6 Å². The lowest BCUT2D eigenvalue weighted by atomic mass is 10.0. The van der Waals surface area contributed by atoms with Crippen LogP contribution in [0.3, 0.4) is 0 Å². The largest absolute Gasteiger partial charge is 0.417 e. The van der Waals surface area contributed by atoms with Crippen LogP contribution in [-0.2, 0) is 6.18 Å². The van der Waals surface area contributed by atoms with Gasteiger partial charge in [-0.05, 0) is 31.0 Å². The highest BCUT2D eigenvalue weighted by Gasteiger charge is 2.36. The maximum Gasteiger partial charge on any atom is 0.417 e. The molecule has 136 valence electrons. The number of hydrogen-bond donors (Lipinski definition) is 0. The number of alkyl halides is 3. The lowest BCUT2D eigenvalue weighted by Gasteiger charge is -2.16. The molecule has 0 unspecified atom stereocenters. The number of hydrogen-bond acceptors (Lipinski definition) is 3. The maximum atomic E-state index is 13.3. The van der Waals surface area contributed by atoms with E-state index in [-0.39, 0.29) is 11.6 Å². The molecule has 0 aliphatic heterocycles. The molecule has 0 amide bonds. The van der Waals surface area contributed by atoms with Gasteiger partial charge in [0, 0.05) is 16.3 Å². The predicted octanol–water partition coefficient (Wildman–Crippen LogP) is 4.94. The minimum Gasteiger partial charge on any atom is -0.266 e. The molecule has 0 atom stereocenters. The molecule has 0 fully saturated rings. The molecule has 2 rings (SSSR count). The normalized spacial score (nSPS) is 12.3. The summed E-state index contributed by atoms with van der Waals surface area (Å²) in [7, 11) is 0. The standard InChI is InChI=1S/C18H15ClF3N3O/c1-10(2)11(3)24-25-16(12-4-6-13(19)7-5-12)8-15(18(20,21)22)14(9-23)17(25)26/h4-8,10H,1-3H3. The van der Waals surface area contributed by atoms with Gasteiger partial charge in [-0.2, -0.15) is 28.2 Å². The first-order valence-electron chi connectivity index (χ1n) is 7.65. The van der Waals surface area contributed by atoms with Crippen LogP contribution in [0.4, 0.5) is 13.2 Å². The maximum absolute atomic E-state index is 13.3. The molecule has 0 N–H and O–H groups in total. The van der Waals surface area contributed by atoms with Gasteiger partial charge in [-0.3, -0.25) is 4.79 Å². The summed E-state index contributed by atoms with van der Waals surface area (Å²) >= 11 is 5.83. The summed E-state index contributed by atoms with van der Waals surface area (Å²) in [6, 6.07) is 8.09. The van der Waals surface area contributed by atoms with Crippen molar-refractivity contribution in [3.05, 3.63) is 56.8 Å². The molecule has 2 aromatic rings. The first kappa shape index (κ1) is 19.7. The number of benzene rings is 1. The second-order valence-corrected chi connectivity index (χ2v) is 6.38. The molecule has 0 radical (unpaired) electrons. The molecular weight excluding hydrogens is 367 g/mol. The van der Waals surface area contributed by atoms with Gasteiger partial charge in [0.15, 0.2) is 0 Å². The SMILES string of the molecule is CC(=Nn1c(-c2ccc(Cl)cc2)cc(C(F)(F)F)c(C#N)c1=O)C(C)C. The van der Waals surface area contributed by atoms with Crippen molar-refractivity contribution in [1.29, 1.82) is 5.26 Å². The van der Waals surface area contributed by atoms with E-state index in [9.17, 15) is 18.0 Å². The average molecular weight is 382 g/mol. The van der Waals surface area contributed by atoms with Crippen molar-refractivity contribution in [2.45, 2.75) is 26.9 Å². The molecule has 0 aliphatic rings. The molecule has 1 heterocycles. The van der Waals surface area contributed by atoms with Crippen molar-refractivity contribution in [2.75, 3.05) is 0 Å². The molecule has 8 heteroatoms. The van der Waals surface area contributed by atoms with E-state index in [1.54, 1.807) is 6.92 Å². The van der Waals surface area contributed by atoms with Gasteiger partial charge in [0.1, 0.15) is 11.6 Å². The van der Waals surface area contributed by atoms with Crippen LogP contribution in [0.2, 0.25) is 5.02 Å². The molecule has 26 heavy (non-hydrogen) atoms. The number of aromatic nitrogens is 1. The van der Waals surface area contributed by atoms with Crippen LogP contribution in [0.15, 0.2) is 40.2 Å². The molecule has 0 saturated carbocycles. The van der Waals surface area contributed by atoms with Crippen molar-refractivity contribution in [3.63, 3.8) is 0 Å². The lowest BCUT2D eigenvalue weighted by molar-refractivity contribution is -0.137. The fourth-order valence-corrected chi connectivity index (χ4v) is 2.26. The fraction of sp³-hybridized carbons (Fsp3) is 0.278. The third-order valence-electron chi connectivity index (χ3n) is 3.84. The van der Waals surface area contributed by atoms with Gasteiger partial charge in [0.25, 0.3) is 5.56 Å². The summed E-state index contributed by atoms with van der Waals surface area (Å²) < 4.78 is 40.9. The Hall–Kier alpha value is -2.59. The topological polar surface area (TPSA) is 58.1 Å². The Morgan fingerprint density at radius 3 is 2.31 bits per heavy atom. The number of halogens is 4. The Bertz CT molecular complexity index is 952. The second-order valence-electron chi connectivity index (χ2n) is 5.95. The Balaban J connectivity index is 2.93. The zero-order valence-electron chi connectivity index (χ0n) is 14.2. The lowest BCUT2D eigenvalue weighted by Crippen LogP contribution is -2.27. The summed E-state index contributed by atoms with van der Waals surface area (Å²) in [5, 5.41) is 13.7. The number of nitriles is 1. The Kier molecular flexibility index (Phi) is 5.57. The third-order valence-corrected chi connectivity index (χ3v) is 4.09. The number of pyridine rings is 1. The van der Waals surface area contributed by atoms with Crippen molar-refractivity contribution in [2.24, 2.45) is 11.0 Å². The minimum absolute atomic E-state index is 0.0344. The molecule has 1 aromatic carbocycles. The zero-order valence-corrected chi connectivity index (χ0v) is 15.0. The van der Waals surface area contributed by atoms with Crippen LogP contribution in [0.5, 0.6) is 0 Å². The van der Waals surface area contributed by atoms with Crippen molar-refractivity contribution in [1.82, 2.24) is 4.68 Å². The predicted molar refractivity (Wildman–Crippen MR) is 94.2 cm³/mol. The highest BCUT2D eigenvalue weighted by atomic mass is 35.5. The van der Waals surface area contributed by atoms with Crippen LogP contribution in [0.1, 0.15) is 31.9 Å². The Labute approximate surface area is 153 Å². The van der Waals surface area contributed by atoms with Gasteiger partial charge in [-0.1, -0.05) is 37.6 Å². The van der Waals surface area contributed by atoms with E-state index in [2.05, 4.69) is 5.10 Å². The van der Waals surface area contributed by atoms with E-state index in [4.69, 9.17) is 16.9 Å². The van der Waals surface area contributed by atoms with Crippen LogP contribution < -0.4 is 5.56 Å². The Morgan fingerprint density at radius 1 is 1.27 bits per heavy atom. The zero-order chi connectivity index (χ0) is 19.6. The fourth-order valence-electron chi connectivity index (χ4n) is 2.13. The monoisotopic (exact) mass is 381 g/mol. The van der Waals surface area contributed by atoms with E-state index in [1.165, 1.54) is 30.3 Å². The minimum atomic E-state index is -4.85. The molecule has 0 bridgehead atoms. The summed E-state index contributed by atoms with van der Waals surface area (Å²) in [5.41, 5.74) is -2.61. The summed E-state index contributed by atoms with van der Waals surface area (Å²) in [6.07, 6.45) is -4.85. The second kappa shape index (κ2) is 7.34. The van der Waals surface area contributed by atoms with Crippen LogP contribution in [-0.4, -0.2) is 10.4 Å². The van der Waals surface area contributed by atoms with Crippen LogP contribution in [0, 0.1) is 17.2 Å². The van der Waals surface area contributed by atoms with E-state index in [0.29, 0.717) is 16.3 Å². The molecule has 4 nitrogen and oxygen atoms in total. The van der Waals surface area contributed by atoms with Gasteiger partial charge >= 0.3 is 6.18 Å². The van der Waals surface area contributed by atoms with Crippen molar-refractivity contribution in [3.8, 4) is 17.3 Å². The summed E-state index contributed by atoms with van der Waals surface area (Å²) in [4.78, 5) is 12.6. The van der Waals surface area contributed by atoms with E-state index >= 15 is 0 Å². The molecule has 0 aliphatic carbocycles. The summed E-state index contributed by atoms with van der Waals surface area (Å²) in [5.74, 6) is -0.0344. The highest BCUT2D eigenvalue weighted by molar-refractivity contribution is 6.30. The molecular formula is C18H15ClF3N3O. The molecule has 1 aromatic heterocycles. The first-order chi connectivity index (χ1) is 12.1. The van der Waals surface area contributed by atoms with E-state index in [0.717, 1.165) is 10.7 Å². The van der Waals surface area contributed by atoms with Crippen molar-refractivity contribution < 1.29 is 13.2 Å². The van der Waals surface area contributed by atoms with Gasteiger partial charge in [0.2, 0.25) is 0 Å². The van der Waals surface area contributed by atoms with E-state index < -0.39 is 22.9 Å². The van der Waals surface area contributed by atoms with Gasteiger partial charge in [0.05, 0.1) is 11.3 Å². The molecule has 0 spiro atoms. The Morgan fingerprint density at radius 2 is 1.85 bits per heavy atom. The molecule has 0 saturated heterocycles. The van der Waals surface area contributed by atoms with Crippen LogP contribution in [0.25, 0.3) is 11.3 Å². The average Bonchev–Trinajstić information content (AvgIpc) is 2.56. The quantitative estimate of drug-likeness (QED) is 0.707. The highest BCUT2D eigenvalue weighted by Crippen LogP contribution is 2.33. The van der Waals surface area contributed by atoms with Gasteiger partial charge in [-0.15, -0.1) is 0 Å². The smallest absolute Gasteiger partial charge is 0.266 e. The number of rotatable bonds is 3. The number of nitrogens with zero attached hydrogens (tertiary/aromatic N) is 3. The summed E-state index contributed by atoms with van der Waals surface area (Å²) in [6.45, 7) is 5.33. The third kappa shape index (κ3) is 3.97. The van der Waals surface area contributed by atoms with Gasteiger partial charge < -0.3 is 0 Å². The first-order valence-corrected chi connectivity index (χ1v) is 8.02. The van der Waals surface area contributed by atoms with Gasteiger partial charge in [-0.25, -0.2) is 0 Å². The van der Waals surface area contributed by atoms with Crippen molar-refractivity contribution >= 4 is 17.3 Å². The van der Waals surface area contributed by atoms with E-state index in [1.807, 2.05) is 13.8 Å².